The summed E-state index contributed by atoms with van der Waals surface area (Å²) in [6.07, 6.45) is -9.49. The molecule has 13 heteroatoms. The summed E-state index contributed by atoms with van der Waals surface area (Å²) >= 11 is 3.34. The zero-order chi connectivity index (χ0) is 24.4. The zero-order valence-corrected chi connectivity index (χ0v) is 18.7. The Hall–Kier alpha value is -2.67. The van der Waals surface area contributed by atoms with Crippen molar-refractivity contribution in [3.63, 3.8) is 0 Å². The first-order chi connectivity index (χ1) is 15.3. The van der Waals surface area contributed by atoms with E-state index in [1.165, 1.54) is 6.07 Å². The minimum Gasteiger partial charge on any atom is -0.484 e. The number of nitrogens with one attached hydrogen (secondary N) is 1. The van der Waals surface area contributed by atoms with Crippen molar-refractivity contribution in [1.29, 1.82) is 0 Å². The summed E-state index contributed by atoms with van der Waals surface area (Å²) in [6.45, 7) is -3.53. The van der Waals surface area contributed by atoms with Gasteiger partial charge >= 0.3 is 12.4 Å². The summed E-state index contributed by atoms with van der Waals surface area (Å²) in [5.74, 6) is -1.23. The van der Waals surface area contributed by atoms with Gasteiger partial charge < -0.3 is 9.47 Å². The lowest BCUT2D eigenvalue weighted by Crippen LogP contribution is -2.22. The van der Waals surface area contributed by atoms with Crippen molar-refractivity contribution in [3.8, 4) is 11.5 Å². The van der Waals surface area contributed by atoms with Crippen LogP contribution in [-0.4, -0.2) is 34.0 Å². The molecule has 3 rings (SSSR count). The Balaban J connectivity index is 2.02. The molecule has 0 aliphatic rings. The molecular formula is C20H14BrF6NO4S. The standard InChI is InChI=1S/C20H14BrF6NO4S/c21-15-6-7-16(14-4-2-1-3-13(14)15)28-33(29,30)18-9-12(31-10-19(22,23)24)5-8-17(18)32-11-20(25,26)27/h1-9,28H,10-11H2. The highest BCUT2D eigenvalue weighted by Crippen LogP contribution is 2.35. The second-order valence-electron chi connectivity index (χ2n) is 6.66. The molecule has 0 heterocycles. The first kappa shape index (κ1) is 25.0. The normalized spacial score (nSPS) is 12.6. The van der Waals surface area contributed by atoms with Gasteiger partial charge in [0.15, 0.2) is 13.2 Å². The van der Waals surface area contributed by atoms with E-state index in [9.17, 15) is 34.8 Å². The van der Waals surface area contributed by atoms with Gasteiger partial charge in [-0.05, 0) is 29.7 Å². The fraction of sp³-hybridized carbons (Fsp3) is 0.200. The van der Waals surface area contributed by atoms with E-state index in [-0.39, 0.29) is 5.69 Å². The van der Waals surface area contributed by atoms with Gasteiger partial charge in [0.05, 0.1) is 5.69 Å². The summed E-state index contributed by atoms with van der Waals surface area (Å²) in [4.78, 5) is -0.821. The van der Waals surface area contributed by atoms with E-state index in [1.807, 2.05) is 0 Å². The molecule has 0 atom stereocenters. The van der Waals surface area contributed by atoms with Gasteiger partial charge in [-0.3, -0.25) is 4.72 Å². The van der Waals surface area contributed by atoms with Crippen LogP contribution in [0.15, 0.2) is 64.0 Å². The molecule has 0 radical (unpaired) electrons. The molecule has 0 saturated heterocycles. The molecule has 0 aromatic heterocycles. The van der Waals surface area contributed by atoms with Crippen molar-refractivity contribution >= 4 is 42.4 Å². The summed E-state index contributed by atoms with van der Waals surface area (Å²) in [5.41, 5.74) is 0.0946. The minimum absolute atomic E-state index is 0.0946. The van der Waals surface area contributed by atoms with Crippen LogP contribution in [0.4, 0.5) is 32.0 Å². The van der Waals surface area contributed by atoms with E-state index in [1.54, 1.807) is 30.3 Å². The number of sulfonamides is 1. The van der Waals surface area contributed by atoms with Crippen LogP contribution in [-0.2, 0) is 10.0 Å². The average molecular weight is 558 g/mol. The van der Waals surface area contributed by atoms with E-state index in [0.717, 1.165) is 12.1 Å². The monoisotopic (exact) mass is 557 g/mol. The van der Waals surface area contributed by atoms with Crippen molar-refractivity contribution in [2.75, 3.05) is 17.9 Å². The number of ether oxygens (including phenoxy) is 2. The number of halogens is 7. The molecule has 0 aliphatic carbocycles. The number of hydrogen-bond donors (Lipinski definition) is 1. The van der Waals surface area contributed by atoms with Crippen LogP contribution >= 0.6 is 15.9 Å². The third-order valence-electron chi connectivity index (χ3n) is 4.11. The Morgan fingerprint density at radius 3 is 2.06 bits per heavy atom. The predicted molar refractivity (Wildman–Crippen MR) is 112 cm³/mol. The van der Waals surface area contributed by atoms with Crippen molar-refractivity contribution in [2.24, 2.45) is 0 Å². The number of rotatable bonds is 7. The average Bonchev–Trinajstić information content (AvgIpc) is 2.72. The fourth-order valence-corrected chi connectivity index (χ4v) is 4.50. The van der Waals surface area contributed by atoms with Crippen molar-refractivity contribution in [1.82, 2.24) is 0 Å². The van der Waals surface area contributed by atoms with Gasteiger partial charge in [0.2, 0.25) is 0 Å². The van der Waals surface area contributed by atoms with Crippen molar-refractivity contribution in [3.05, 3.63) is 59.1 Å². The molecule has 0 bridgehead atoms. The third-order valence-corrected chi connectivity index (χ3v) is 6.19. The van der Waals surface area contributed by atoms with Gasteiger partial charge in [0.25, 0.3) is 10.0 Å². The topological polar surface area (TPSA) is 64.6 Å². The molecule has 0 aliphatic heterocycles. The summed E-state index contributed by atoms with van der Waals surface area (Å²) in [7, 11) is -4.61. The van der Waals surface area contributed by atoms with Crippen LogP contribution in [0.2, 0.25) is 0 Å². The molecule has 178 valence electrons. The molecule has 0 spiro atoms. The lowest BCUT2D eigenvalue weighted by molar-refractivity contribution is -0.154. The highest BCUT2D eigenvalue weighted by molar-refractivity contribution is 9.10. The van der Waals surface area contributed by atoms with E-state index >= 15 is 0 Å². The molecule has 3 aromatic rings. The quantitative estimate of drug-likeness (QED) is 0.347. The summed E-state index contributed by atoms with van der Waals surface area (Å²) in [6, 6.07) is 12.0. The molecule has 1 N–H and O–H groups in total. The Kier molecular flexibility index (Phi) is 7.03. The predicted octanol–water partition coefficient (Wildman–Crippen LogP) is 6.29. The number of anilines is 1. The van der Waals surface area contributed by atoms with Gasteiger partial charge in [-0.25, -0.2) is 8.42 Å². The Bertz CT molecular complexity index is 1260. The number of benzene rings is 3. The maximum Gasteiger partial charge on any atom is 0.422 e. The lowest BCUT2D eigenvalue weighted by atomic mass is 10.1. The first-order valence-electron chi connectivity index (χ1n) is 8.98. The third kappa shape index (κ3) is 6.67. The largest absolute Gasteiger partial charge is 0.484 e. The van der Waals surface area contributed by atoms with Crippen molar-refractivity contribution < 1.29 is 44.2 Å². The molecule has 0 unspecified atom stereocenters. The Morgan fingerprint density at radius 1 is 0.818 bits per heavy atom. The van der Waals surface area contributed by atoms with E-state index in [0.29, 0.717) is 21.3 Å². The molecular weight excluding hydrogens is 544 g/mol. The number of alkyl halides is 6. The minimum atomic E-state index is -4.78. The Labute approximate surface area is 192 Å². The molecule has 5 nitrogen and oxygen atoms in total. The van der Waals surface area contributed by atoms with Gasteiger partial charge in [-0.15, -0.1) is 0 Å². The number of hydrogen-bond acceptors (Lipinski definition) is 4. The van der Waals surface area contributed by atoms with Gasteiger partial charge in [-0.2, -0.15) is 26.3 Å². The van der Waals surface area contributed by atoms with Crippen LogP contribution < -0.4 is 14.2 Å². The first-order valence-corrected chi connectivity index (χ1v) is 11.3. The summed E-state index contributed by atoms with van der Waals surface area (Å²) in [5, 5.41) is 1.12. The fourth-order valence-electron chi connectivity index (χ4n) is 2.78. The SMILES string of the molecule is O=S(=O)(Nc1ccc(Br)c2ccccc12)c1cc(OCC(F)(F)F)ccc1OCC(F)(F)F. The van der Waals surface area contributed by atoms with Crippen LogP contribution in [0.1, 0.15) is 0 Å². The summed E-state index contributed by atoms with van der Waals surface area (Å²) < 4.78 is 113. The second-order valence-corrected chi connectivity index (χ2v) is 9.17. The number of fused-ring (bicyclic) bond motifs is 1. The van der Waals surface area contributed by atoms with Gasteiger partial charge in [0.1, 0.15) is 16.4 Å². The highest BCUT2D eigenvalue weighted by atomic mass is 79.9. The molecule has 3 aromatic carbocycles. The lowest BCUT2D eigenvalue weighted by Gasteiger charge is -2.17. The molecule has 0 saturated carbocycles. The zero-order valence-electron chi connectivity index (χ0n) is 16.3. The van der Waals surface area contributed by atoms with E-state index in [2.05, 4.69) is 30.1 Å². The van der Waals surface area contributed by atoms with E-state index in [4.69, 9.17) is 0 Å². The Morgan fingerprint density at radius 2 is 1.42 bits per heavy atom. The maximum atomic E-state index is 13.1. The molecule has 33 heavy (non-hydrogen) atoms. The van der Waals surface area contributed by atoms with Crippen molar-refractivity contribution in [2.45, 2.75) is 17.2 Å². The van der Waals surface area contributed by atoms with Crippen LogP contribution in [0.3, 0.4) is 0 Å². The van der Waals surface area contributed by atoms with Crippen LogP contribution in [0.5, 0.6) is 11.5 Å². The molecule has 0 fully saturated rings. The van der Waals surface area contributed by atoms with Crippen LogP contribution in [0.25, 0.3) is 10.8 Å². The second kappa shape index (κ2) is 9.29. The van der Waals surface area contributed by atoms with E-state index < -0.39 is 52.0 Å². The highest BCUT2D eigenvalue weighted by Gasteiger charge is 2.31. The van der Waals surface area contributed by atoms with Crippen LogP contribution in [0, 0.1) is 0 Å². The van der Waals surface area contributed by atoms with Gasteiger partial charge in [0, 0.05) is 15.9 Å². The molecule has 0 amide bonds. The maximum absolute atomic E-state index is 13.1. The smallest absolute Gasteiger partial charge is 0.422 e. The van der Waals surface area contributed by atoms with Gasteiger partial charge in [-0.1, -0.05) is 40.2 Å².